The van der Waals surface area contributed by atoms with Crippen LogP contribution in [0.1, 0.15) is 5.56 Å². The van der Waals surface area contributed by atoms with E-state index in [0.717, 1.165) is 5.56 Å². The molecule has 0 unspecified atom stereocenters. The van der Waals surface area contributed by atoms with Crippen molar-refractivity contribution in [1.29, 1.82) is 0 Å². The summed E-state index contributed by atoms with van der Waals surface area (Å²) in [5.74, 6) is 2.90. The summed E-state index contributed by atoms with van der Waals surface area (Å²) in [6.07, 6.45) is 0. The Bertz CT molecular complexity index is 228. The summed E-state index contributed by atoms with van der Waals surface area (Å²) in [6, 6.07) is 9.87. The van der Waals surface area contributed by atoms with Crippen LogP contribution < -0.4 is 0 Å². The van der Waals surface area contributed by atoms with E-state index >= 15 is 0 Å². The normalized spacial score (nSPS) is 7.56. The monoisotopic (exact) mass is 181 g/mol. The van der Waals surface area contributed by atoms with Crippen molar-refractivity contribution in [1.82, 2.24) is 0 Å². The Morgan fingerprint density at radius 2 is 1.78 bits per heavy atom. The van der Waals surface area contributed by atoms with Crippen molar-refractivity contribution < 1.29 is 0 Å². The van der Waals surface area contributed by atoms with Gasteiger partial charge >= 0.3 is 62.6 Å². The van der Waals surface area contributed by atoms with Gasteiger partial charge in [-0.2, -0.15) is 0 Å². The van der Waals surface area contributed by atoms with E-state index in [1.165, 1.54) is 0 Å². The Hall–Kier alpha value is -0.701. The third-order valence-electron chi connectivity index (χ3n) is 0.969. The van der Waals surface area contributed by atoms with Crippen LogP contribution in [0.5, 0.6) is 0 Å². The van der Waals surface area contributed by atoms with Crippen LogP contribution in [0.2, 0.25) is 0 Å². The predicted molar refractivity (Wildman–Crippen MR) is 39.1 cm³/mol. The van der Waals surface area contributed by atoms with Gasteiger partial charge in [0.05, 0.1) is 0 Å². The van der Waals surface area contributed by atoms with Gasteiger partial charge in [-0.15, -0.1) is 0 Å². The third kappa shape index (κ3) is 1.93. The molecule has 0 aliphatic heterocycles. The van der Waals surface area contributed by atoms with Crippen LogP contribution in [0, 0.1) is 10.7 Å². The van der Waals surface area contributed by atoms with E-state index in [-0.39, 0.29) is 0 Å². The zero-order valence-electron chi connectivity index (χ0n) is 4.79. The molecular weight excluding hydrogens is 175 g/mol. The van der Waals surface area contributed by atoms with Crippen LogP contribution in [-0.4, -0.2) is 16.0 Å². The first kappa shape index (κ1) is 6.42. The summed E-state index contributed by atoms with van der Waals surface area (Å²) in [4.78, 5) is 2.71. The van der Waals surface area contributed by atoms with E-state index in [1.807, 2.05) is 30.3 Å². The van der Waals surface area contributed by atoms with Gasteiger partial charge in [-0.25, -0.2) is 0 Å². The molecule has 0 spiro atoms. The summed E-state index contributed by atoms with van der Waals surface area (Å²) in [5.41, 5.74) is 1.05. The first-order chi connectivity index (χ1) is 4.43. The first-order valence-electron chi connectivity index (χ1n) is 2.61. The molecule has 0 saturated carbocycles. The topological polar surface area (TPSA) is 0 Å². The molecule has 0 amide bonds. The maximum atomic E-state index is 2.90. The molecule has 0 aliphatic rings. The first-order valence-corrected chi connectivity index (χ1v) is 3.47. The quantitative estimate of drug-likeness (QED) is 0.415. The number of rotatable bonds is 0. The van der Waals surface area contributed by atoms with Crippen LogP contribution in [0.25, 0.3) is 0 Å². The summed E-state index contributed by atoms with van der Waals surface area (Å²) in [7, 11) is 0. The number of benzene rings is 1. The molecule has 0 bridgehead atoms. The fourth-order valence-corrected chi connectivity index (χ4v) is 0.828. The molecule has 0 N–H and O–H groups in total. The van der Waals surface area contributed by atoms with Gasteiger partial charge in [-0.1, -0.05) is 0 Å². The second kappa shape index (κ2) is 3.35. The Morgan fingerprint density at radius 1 is 1.11 bits per heavy atom. The van der Waals surface area contributed by atoms with Crippen molar-refractivity contribution in [2.24, 2.45) is 0 Å². The van der Waals surface area contributed by atoms with Crippen molar-refractivity contribution in [3.63, 3.8) is 0 Å². The Kier molecular flexibility index (Phi) is 2.39. The van der Waals surface area contributed by atoms with Crippen LogP contribution in [0.15, 0.2) is 30.3 Å². The fraction of sp³-hybridized carbons (Fsp3) is 0. The van der Waals surface area contributed by atoms with Crippen LogP contribution >= 0.6 is 0 Å². The molecule has 9 heavy (non-hydrogen) atoms. The minimum atomic E-state index is 1.05. The Morgan fingerprint density at radius 3 is 2.33 bits per heavy atom. The van der Waals surface area contributed by atoms with Gasteiger partial charge in [0.25, 0.3) is 0 Å². The molecule has 0 nitrogen and oxygen atoms in total. The molecule has 0 aromatic heterocycles. The summed E-state index contributed by atoms with van der Waals surface area (Å²) in [5, 5.41) is 0. The molecule has 0 atom stereocenters. The van der Waals surface area contributed by atoms with Gasteiger partial charge in [-0.05, 0) is 0 Å². The van der Waals surface area contributed by atoms with E-state index in [0.29, 0.717) is 0 Å². The molecule has 0 saturated heterocycles. The van der Waals surface area contributed by atoms with Crippen molar-refractivity contribution in [3.05, 3.63) is 35.9 Å². The van der Waals surface area contributed by atoms with E-state index in [4.69, 9.17) is 0 Å². The van der Waals surface area contributed by atoms with E-state index in [9.17, 15) is 0 Å². The molecule has 1 heteroatoms. The van der Waals surface area contributed by atoms with Gasteiger partial charge in [0, 0.05) is 0 Å². The van der Waals surface area contributed by atoms with Crippen LogP contribution in [-0.2, 0) is 0 Å². The van der Waals surface area contributed by atoms with Gasteiger partial charge in [0.15, 0.2) is 0 Å². The summed E-state index contributed by atoms with van der Waals surface area (Å²) >= 11 is 2.63. The van der Waals surface area contributed by atoms with Crippen molar-refractivity contribution in [2.75, 3.05) is 0 Å². The van der Waals surface area contributed by atoms with Gasteiger partial charge < -0.3 is 0 Å². The van der Waals surface area contributed by atoms with Gasteiger partial charge in [-0.3, -0.25) is 0 Å². The van der Waals surface area contributed by atoms with Gasteiger partial charge in [0.1, 0.15) is 0 Å². The molecule has 1 aromatic carbocycles. The summed E-state index contributed by atoms with van der Waals surface area (Å²) < 4.78 is 0. The van der Waals surface area contributed by atoms with Crippen molar-refractivity contribution >= 4 is 16.0 Å². The molecular formula is C8H5Se-. The standard InChI is InChI=1S/C8H6Se/c9-7-6-8-4-2-1-3-5-8/h1-5,9H/p-1. The van der Waals surface area contributed by atoms with Crippen LogP contribution in [0.3, 0.4) is 0 Å². The molecule has 1 rings (SSSR count). The van der Waals surface area contributed by atoms with E-state index < -0.39 is 0 Å². The maximum absolute atomic E-state index is 2.90. The fourth-order valence-electron chi connectivity index (χ4n) is 0.580. The van der Waals surface area contributed by atoms with Crippen molar-refractivity contribution in [2.45, 2.75) is 0 Å². The molecule has 0 fully saturated rings. The second-order valence-corrected chi connectivity index (χ2v) is 2.02. The zero-order valence-corrected chi connectivity index (χ0v) is 6.51. The van der Waals surface area contributed by atoms with Crippen molar-refractivity contribution in [3.8, 4) is 10.7 Å². The molecule has 1 aromatic rings. The average Bonchev–Trinajstić information content (AvgIpc) is 1.91. The Balaban J connectivity index is 2.94. The SMILES string of the molecule is [Se-]C#Cc1ccccc1. The molecule has 44 valence electrons. The number of hydrogen-bond donors (Lipinski definition) is 0. The van der Waals surface area contributed by atoms with E-state index in [1.54, 1.807) is 0 Å². The third-order valence-corrected chi connectivity index (χ3v) is 1.18. The minimum absolute atomic E-state index is 1.05. The predicted octanol–water partition coefficient (Wildman–Crippen LogP) is 1.16. The van der Waals surface area contributed by atoms with E-state index in [2.05, 4.69) is 26.8 Å². The average molecular weight is 180 g/mol. The molecule has 0 radical (unpaired) electrons. The Labute approximate surface area is 63.1 Å². The molecule has 0 heterocycles. The van der Waals surface area contributed by atoms with Crippen LogP contribution in [0.4, 0.5) is 0 Å². The summed E-state index contributed by atoms with van der Waals surface area (Å²) in [6.45, 7) is 0. The zero-order chi connectivity index (χ0) is 6.53. The number of hydrogen-bond acceptors (Lipinski definition) is 0. The molecule has 0 aliphatic carbocycles. The van der Waals surface area contributed by atoms with Gasteiger partial charge in [0.2, 0.25) is 0 Å². The second-order valence-electron chi connectivity index (χ2n) is 1.59.